The van der Waals surface area contributed by atoms with Crippen LogP contribution in [0.25, 0.3) is 0 Å². The van der Waals surface area contributed by atoms with Crippen molar-refractivity contribution in [2.75, 3.05) is 6.54 Å². The lowest BCUT2D eigenvalue weighted by Crippen LogP contribution is -2.40. The van der Waals surface area contributed by atoms with Crippen molar-refractivity contribution in [2.24, 2.45) is 0 Å². The molecule has 0 saturated heterocycles. The normalized spacial score (nSPS) is 14.7. The summed E-state index contributed by atoms with van der Waals surface area (Å²) in [6.45, 7) is 0.563. The Bertz CT molecular complexity index is 795. The van der Waals surface area contributed by atoms with Crippen LogP contribution in [0.4, 0.5) is 13.2 Å². The number of hydrogen-bond acceptors (Lipinski definition) is 3. The van der Waals surface area contributed by atoms with Crippen LogP contribution in [0.1, 0.15) is 16.0 Å². The lowest BCUT2D eigenvalue weighted by Gasteiger charge is -2.27. The Labute approximate surface area is 133 Å². The van der Waals surface area contributed by atoms with E-state index in [0.717, 1.165) is 28.7 Å². The molecule has 0 saturated carbocycles. The summed E-state index contributed by atoms with van der Waals surface area (Å²) in [6.07, 6.45) is -2.79. The van der Waals surface area contributed by atoms with Gasteiger partial charge in [0.15, 0.2) is 0 Å². The molecule has 8 heteroatoms. The molecule has 3 heterocycles. The average Bonchev–Trinajstić information content (AvgIpc) is 2.95. The van der Waals surface area contributed by atoms with Crippen LogP contribution in [0, 0.1) is 0 Å². The number of thiophene rings is 1. The van der Waals surface area contributed by atoms with Crippen molar-refractivity contribution in [2.45, 2.75) is 25.7 Å². The first-order chi connectivity index (χ1) is 10.9. The molecular weight excluding hydrogens is 329 g/mol. The Hall–Kier alpha value is -2.09. The number of pyridine rings is 1. The van der Waals surface area contributed by atoms with Crippen LogP contribution in [0.2, 0.25) is 0 Å². The van der Waals surface area contributed by atoms with Crippen LogP contribution < -0.4 is 5.56 Å². The number of carbonyl (C=O) groups excluding carboxylic acids is 1. The van der Waals surface area contributed by atoms with E-state index in [9.17, 15) is 22.8 Å². The number of amides is 1. The number of rotatable bonds is 2. The van der Waals surface area contributed by atoms with Gasteiger partial charge in [-0.1, -0.05) is 0 Å². The Morgan fingerprint density at radius 2 is 2.09 bits per heavy atom. The molecule has 0 N–H and O–H groups in total. The first kappa shape index (κ1) is 15.8. The lowest BCUT2D eigenvalue weighted by molar-refractivity contribution is -0.139. The molecule has 4 nitrogen and oxygen atoms in total. The summed E-state index contributed by atoms with van der Waals surface area (Å²) in [5.74, 6) is -0.358. The van der Waals surface area contributed by atoms with Crippen molar-refractivity contribution in [1.82, 2.24) is 9.47 Å². The molecule has 1 aliphatic heterocycles. The summed E-state index contributed by atoms with van der Waals surface area (Å²) < 4.78 is 39.0. The van der Waals surface area contributed by atoms with Gasteiger partial charge in [0.2, 0.25) is 5.91 Å². The molecule has 2 aromatic rings. The van der Waals surface area contributed by atoms with Crippen LogP contribution in [0.5, 0.6) is 0 Å². The maximum absolute atomic E-state index is 12.7. The molecule has 122 valence electrons. The van der Waals surface area contributed by atoms with Crippen molar-refractivity contribution in [3.8, 4) is 0 Å². The molecule has 0 bridgehead atoms. The predicted octanol–water partition coefficient (Wildman–Crippen LogP) is 2.51. The van der Waals surface area contributed by atoms with Gasteiger partial charge in [0, 0.05) is 24.2 Å². The van der Waals surface area contributed by atoms with Crippen LogP contribution in [-0.2, 0) is 30.5 Å². The number of alkyl halides is 3. The summed E-state index contributed by atoms with van der Waals surface area (Å²) in [7, 11) is 0. The van der Waals surface area contributed by atoms with E-state index in [0.29, 0.717) is 13.1 Å². The van der Waals surface area contributed by atoms with E-state index in [2.05, 4.69) is 0 Å². The van der Waals surface area contributed by atoms with Gasteiger partial charge in [-0.25, -0.2) is 0 Å². The zero-order valence-corrected chi connectivity index (χ0v) is 12.8. The number of carbonyl (C=O) groups is 1. The van der Waals surface area contributed by atoms with E-state index in [-0.39, 0.29) is 12.5 Å². The zero-order valence-electron chi connectivity index (χ0n) is 12.0. The largest absolute Gasteiger partial charge is 0.421 e. The molecule has 3 rings (SSSR count). The van der Waals surface area contributed by atoms with Gasteiger partial charge in [-0.3, -0.25) is 9.59 Å². The van der Waals surface area contributed by atoms with Gasteiger partial charge in [0.25, 0.3) is 5.56 Å². The van der Waals surface area contributed by atoms with E-state index in [1.807, 2.05) is 11.4 Å². The SMILES string of the molecule is O=C(Cn1cccc(C(F)(F)F)c1=O)N1CCc2sccc2C1. The summed E-state index contributed by atoms with van der Waals surface area (Å²) in [6, 6.07) is 3.79. The van der Waals surface area contributed by atoms with Gasteiger partial charge in [0.05, 0.1) is 0 Å². The molecule has 0 radical (unpaired) electrons. The third-order valence-electron chi connectivity index (χ3n) is 3.79. The molecule has 1 aliphatic rings. The Balaban J connectivity index is 1.78. The van der Waals surface area contributed by atoms with E-state index in [1.165, 1.54) is 11.1 Å². The van der Waals surface area contributed by atoms with Crippen molar-refractivity contribution >= 4 is 17.2 Å². The van der Waals surface area contributed by atoms with E-state index in [4.69, 9.17) is 0 Å². The number of nitrogens with zero attached hydrogens (tertiary/aromatic N) is 2. The van der Waals surface area contributed by atoms with Gasteiger partial charge < -0.3 is 9.47 Å². The van der Waals surface area contributed by atoms with Gasteiger partial charge in [-0.15, -0.1) is 11.3 Å². The molecular formula is C15H13F3N2O2S. The highest BCUT2D eigenvalue weighted by molar-refractivity contribution is 7.10. The zero-order chi connectivity index (χ0) is 16.6. The topological polar surface area (TPSA) is 42.3 Å². The minimum Gasteiger partial charge on any atom is -0.336 e. The average molecular weight is 342 g/mol. The third-order valence-corrected chi connectivity index (χ3v) is 4.81. The van der Waals surface area contributed by atoms with Crippen molar-refractivity contribution < 1.29 is 18.0 Å². The second-order valence-corrected chi connectivity index (χ2v) is 6.29. The minimum atomic E-state index is -4.72. The number of aromatic nitrogens is 1. The number of halogens is 3. The second-order valence-electron chi connectivity index (χ2n) is 5.29. The van der Waals surface area contributed by atoms with Crippen molar-refractivity contribution in [3.05, 3.63) is 56.1 Å². The highest BCUT2D eigenvalue weighted by atomic mass is 32.1. The van der Waals surface area contributed by atoms with Gasteiger partial charge in [-0.05, 0) is 35.6 Å². The highest BCUT2D eigenvalue weighted by Crippen LogP contribution is 2.26. The lowest BCUT2D eigenvalue weighted by atomic mass is 10.1. The van der Waals surface area contributed by atoms with Crippen LogP contribution in [-0.4, -0.2) is 21.9 Å². The summed E-state index contributed by atoms with van der Waals surface area (Å²) in [5.41, 5.74) is -1.39. The predicted molar refractivity (Wildman–Crippen MR) is 79.1 cm³/mol. The summed E-state index contributed by atoms with van der Waals surface area (Å²) in [4.78, 5) is 27.0. The number of fused-ring (bicyclic) bond motifs is 1. The minimum absolute atomic E-state index is 0.358. The molecule has 2 aromatic heterocycles. The first-order valence-electron chi connectivity index (χ1n) is 6.96. The molecule has 0 aliphatic carbocycles. The Morgan fingerprint density at radius 1 is 1.30 bits per heavy atom. The molecule has 1 amide bonds. The molecule has 23 heavy (non-hydrogen) atoms. The van der Waals surface area contributed by atoms with Crippen molar-refractivity contribution in [3.63, 3.8) is 0 Å². The molecule has 0 aromatic carbocycles. The van der Waals surface area contributed by atoms with Crippen LogP contribution >= 0.6 is 11.3 Å². The van der Waals surface area contributed by atoms with Crippen LogP contribution in [0.3, 0.4) is 0 Å². The molecule has 0 spiro atoms. The standard InChI is InChI=1S/C15H13F3N2O2S/c16-15(17,18)11-2-1-5-20(14(11)22)9-13(21)19-6-3-12-10(8-19)4-7-23-12/h1-2,4-5,7H,3,6,8-9H2. The fraction of sp³-hybridized carbons (Fsp3) is 0.333. The highest BCUT2D eigenvalue weighted by Gasteiger charge is 2.34. The molecule has 0 atom stereocenters. The maximum atomic E-state index is 12.7. The fourth-order valence-corrected chi connectivity index (χ4v) is 3.47. The summed E-state index contributed by atoms with van der Waals surface area (Å²) >= 11 is 1.63. The Morgan fingerprint density at radius 3 is 2.83 bits per heavy atom. The maximum Gasteiger partial charge on any atom is 0.421 e. The van der Waals surface area contributed by atoms with Gasteiger partial charge in [-0.2, -0.15) is 13.2 Å². The quantitative estimate of drug-likeness (QED) is 0.842. The smallest absolute Gasteiger partial charge is 0.336 e. The van der Waals surface area contributed by atoms with Gasteiger partial charge >= 0.3 is 6.18 Å². The third kappa shape index (κ3) is 3.17. The van der Waals surface area contributed by atoms with Crippen molar-refractivity contribution in [1.29, 1.82) is 0 Å². The Kier molecular flexibility index (Phi) is 4.01. The molecule has 0 fully saturated rings. The monoisotopic (exact) mass is 342 g/mol. The van der Waals surface area contributed by atoms with E-state index >= 15 is 0 Å². The van der Waals surface area contributed by atoms with Gasteiger partial charge in [0.1, 0.15) is 12.1 Å². The fourth-order valence-electron chi connectivity index (χ4n) is 2.58. The van der Waals surface area contributed by atoms with E-state index in [1.54, 1.807) is 16.2 Å². The van der Waals surface area contributed by atoms with Crippen LogP contribution in [0.15, 0.2) is 34.6 Å². The first-order valence-corrected chi connectivity index (χ1v) is 7.84. The second kappa shape index (κ2) is 5.84. The molecule has 0 unspecified atom stereocenters. The summed E-state index contributed by atoms with van der Waals surface area (Å²) in [5, 5.41) is 1.95. The van der Waals surface area contributed by atoms with E-state index < -0.39 is 17.3 Å². The number of hydrogen-bond donors (Lipinski definition) is 0.